The van der Waals surface area contributed by atoms with Crippen molar-refractivity contribution in [3.05, 3.63) is 81.5 Å². The number of nitrogens with one attached hydrogen (secondary N) is 2. The van der Waals surface area contributed by atoms with Gasteiger partial charge in [0.15, 0.2) is 0 Å². The Morgan fingerprint density at radius 1 is 1.00 bits per heavy atom. The number of hydrazone groups is 1. The molecule has 0 fully saturated rings. The van der Waals surface area contributed by atoms with Gasteiger partial charge in [-0.25, -0.2) is 14.6 Å². The average molecular weight is 524 g/mol. The van der Waals surface area contributed by atoms with E-state index in [1.807, 2.05) is 0 Å². The lowest BCUT2D eigenvalue weighted by Crippen LogP contribution is -2.33. The van der Waals surface area contributed by atoms with E-state index in [9.17, 15) is 18.8 Å². The number of hydrogen-bond acceptors (Lipinski definition) is 7. The van der Waals surface area contributed by atoms with Crippen LogP contribution in [0.4, 0.5) is 9.39 Å². The Labute approximate surface area is 217 Å². The van der Waals surface area contributed by atoms with E-state index in [-0.39, 0.29) is 5.82 Å². The monoisotopic (exact) mass is 523 g/mol. The molecule has 3 aromatic rings. The summed E-state index contributed by atoms with van der Waals surface area (Å²) in [6, 6.07) is 13.1. The van der Waals surface area contributed by atoms with Crippen LogP contribution < -0.4 is 15.5 Å². The van der Waals surface area contributed by atoms with E-state index < -0.39 is 17.8 Å². The number of nitrogens with zero attached hydrogens (tertiary/aromatic N) is 1. The number of thiophene rings is 1. The molecule has 0 saturated heterocycles. The quantitative estimate of drug-likeness (QED) is 0.204. The van der Waals surface area contributed by atoms with Crippen LogP contribution in [-0.2, 0) is 33.8 Å². The number of methoxy groups -OCH3 is 1. The van der Waals surface area contributed by atoms with Crippen molar-refractivity contribution in [2.75, 3.05) is 12.4 Å². The fourth-order valence-electron chi connectivity index (χ4n) is 3.92. The summed E-state index contributed by atoms with van der Waals surface area (Å²) in [5.41, 5.74) is 5.50. The molecular weight excluding hydrogens is 497 g/mol. The molecule has 2 amide bonds. The Bertz CT molecular complexity index is 1330. The van der Waals surface area contributed by atoms with Gasteiger partial charge in [0.2, 0.25) is 0 Å². The average Bonchev–Trinajstić information content (AvgIpc) is 3.28. The number of rotatable bonds is 7. The molecule has 2 N–H and O–H groups in total. The topological polar surface area (TPSA) is 106 Å². The number of carbonyl (C=O) groups is 3. The van der Waals surface area contributed by atoms with Crippen LogP contribution >= 0.6 is 11.3 Å². The zero-order valence-corrected chi connectivity index (χ0v) is 21.2. The van der Waals surface area contributed by atoms with Crippen LogP contribution in [-0.4, -0.2) is 30.6 Å². The number of anilines is 1. The number of amides is 2. The normalized spacial score (nSPS) is 12.9. The molecule has 1 heterocycles. The van der Waals surface area contributed by atoms with Gasteiger partial charge in [0.25, 0.3) is 0 Å². The SMILES string of the molecule is COC(=O)c1c(NC(=O)C(=O)N/N=C(\C)c2ccc(OCc3ccc(F)cc3)cc2)sc2c1CCCC2. The van der Waals surface area contributed by atoms with Crippen LogP contribution in [0.25, 0.3) is 0 Å². The van der Waals surface area contributed by atoms with E-state index in [1.54, 1.807) is 43.3 Å². The molecule has 1 aliphatic carbocycles. The third-order valence-electron chi connectivity index (χ3n) is 5.91. The van der Waals surface area contributed by atoms with Gasteiger partial charge in [-0.05, 0) is 85.7 Å². The summed E-state index contributed by atoms with van der Waals surface area (Å²) >= 11 is 1.30. The molecule has 10 heteroatoms. The van der Waals surface area contributed by atoms with Gasteiger partial charge in [0.05, 0.1) is 18.4 Å². The van der Waals surface area contributed by atoms with Crippen LogP contribution in [0.5, 0.6) is 5.75 Å². The van der Waals surface area contributed by atoms with Gasteiger partial charge in [-0.1, -0.05) is 12.1 Å². The third kappa shape index (κ3) is 6.39. The van der Waals surface area contributed by atoms with Gasteiger partial charge in [-0.2, -0.15) is 5.10 Å². The standard InChI is InChI=1S/C27H26FN3O5S/c1-16(18-9-13-20(14-10-18)36-15-17-7-11-19(28)12-8-17)30-31-25(33)24(32)29-26-23(27(34)35-2)21-5-3-4-6-22(21)37-26/h7-14H,3-6,15H2,1-2H3,(H,29,32)(H,31,33)/b30-16+. The predicted octanol–water partition coefficient (Wildman–Crippen LogP) is 4.61. The number of hydrogen-bond donors (Lipinski definition) is 2. The van der Waals surface area contributed by atoms with E-state index in [1.165, 1.54) is 30.6 Å². The number of aryl methyl sites for hydroxylation is 1. The summed E-state index contributed by atoms with van der Waals surface area (Å²) < 4.78 is 23.6. The third-order valence-corrected chi connectivity index (χ3v) is 7.12. The zero-order valence-electron chi connectivity index (χ0n) is 20.4. The second-order valence-electron chi connectivity index (χ2n) is 8.44. The minimum Gasteiger partial charge on any atom is -0.489 e. The summed E-state index contributed by atoms with van der Waals surface area (Å²) in [6.07, 6.45) is 3.53. The molecule has 0 saturated carbocycles. The summed E-state index contributed by atoms with van der Waals surface area (Å²) in [6.45, 7) is 1.98. The van der Waals surface area contributed by atoms with Crippen LogP contribution in [0.15, 0.2) is 53.6 Å². The molecule has 0 spiro atoms. The van der Waals surface area contributed by atoms with E-state index in [0.29, 0.717) is 34.2 Å². The first kappa shape index (κ1) is 26.0. The van der Waals surface area contributed by atoms with Gasteiger partial charge in [-0.15, -0.1) is 11.3 Å². The summed E-state index contributed by atoms with van der Waals surface area (Å²) in [5.74, 6) is -2.10. The Hall–Kier alpha value is -4.05. The molecule has 0 aliphatic heterocycles. The van der Waals surface area contributed by atoms with Gasteiger partial charge < -0.3 is 14.8 Å². The van der Waals surface area contributed by atoms with Gasteiger partial charge in [-0.3, -0.25) is 9.59 Å². The second-order valence-corrected chi connectivity index (χ2v) is 9.54. The lowest BCUT2D eigenvalue weighted by Gasteiger charge is -2.11. The first-order valence-electron chi connectivity index (χ1n) is 11.7. The second kappa shape index (κ2) is 11.8. The molecule has 4 rings (SSSR count). The molecular formula is C27H26FN3O5S. The van der Waals surface area contributed by atoms with Gasteiger partial charge in [0.1, 0.15) is 23.2 Å². The van der Waals surface area contributed by atoms with Crippen molar-refractivity contribution in [2.45, 2.75) is 39.2 Å². The highest BCUT2D eigenvalue weighted by Gasteiger charge is 2.28. The van der Waals surface area contributed by atoms with Crippen molar-refractivity contribution < 1.29 is 28.2 Å². The minimum absolute atomic E-state index is 0.294. The number of benzene rings is 2. The van der Waals surface area contributed by atoms with E-state index in [2.05, 4.69) is 15.8 Å². The maximum Gasteiger partial charge on any atom is 0.341 e. The Morgan fingerprint density at radius 3 is 2.41 bits per heavy atom. The zero-order chi connectivity index (χ0) is 26.4. The summed E-state index contributed by atoms with van der Waals surface area (Å²) in [5, 5.41) is 6.88. The highest BCUT2D eigenvalue weighted by molar-refractivity contribution is 7.17. The van der Waals surface area contributed by atoms with Gasteiger partial charge >= 0.3 is 17.8 Å². The fourth-order valence-corrected chi connectivity index (χ4v) is 5.19. The first-order chi connectivity index (χ1) is 17.9. The lowest BCUT2D eigenvalue weighted by atomic mass is 9.95. The predicted molar refractivity (Wildman–Crippen MR) is 138 cm³/mol. The molecule has 37 heavy (non-hydrogen) atoms. The number of ether oxygens (including phenoxy) is 2. The van der Waals surface area contributed by atoms with Crippen molar-refractivity contribution >= 4 is 39.8 Å². The van der Waals surface area contributed by atoms with Crippen molar-refractivity contribution in [1.82, 2.24) is 5.43 Å². The van der Waals surface area contributed by atoms with Crippen molar-refractivity contribution in [3.8, 4) is 5.75 Å². The highest BCUT2D eigenvalue weighted by Crippen LogP contribution is 2.38. The minimum atomic E-state index is -0.958. The van der Waals surface area contributed by atoms with Crippen LogP contribution in [0.1, 0.15) is 51.7 Å². The maximum atomic E-state index is 13.0. The van der Waals surface area contributed by atoms with Crippen molar-refractivity contribution in [2.24, 2.45) is 5.10 Å². The molecule has 192 valence electrons. The molecule has 0 radical (unpaired) electrons. The van der Waals surface area contributed by atoms with Crippen LogP contribution in [0, 0.1) is 5.82 Å². The molecule has 1 aliphatic rings. The molecule has 0 atom stereocenters. The smallest absolute Gasteiger partial charge is 0.341 e. The molecule has 1 aromatic heterocycles. The van der Waals surface area contributed by atoms with Crippen LogP contribution in [0.2, 0.25) is 0 Å². The number of carbonyl (C=O) groups excluding carboxylic acids is 3. The Balaban J connectivity index is 1.35. The lowest BCUT2D eigenvalue weighted by molar-refractivity contribution is -0.136. The molecule has 0 unspecified atom stereocenters. The Kier molecular flexibility index (Phi) is 8.29. The summed E-state index contributed by atoms with van der Waals surface area (Å²) in [4.78, 5) is 38.3. The summed E-state index contributed by atoms with van der Waals surface area (Å²) in [7, 11) is 1.29. The molecule has 2 aromatic carbocycles. The van der Waals surface area contributed by atoms with E-state index in [0.717, 1.165) is 41.7 Å². The van der Waals surface area contributed by atoms with E-state index in [4.69, 9.17) is 9.47 Å². The number of halogens is 1. The largest absolute Gasteiger partial charge is 0.489 e. The first-order valence-corrected chi connectivity index (χ1v) is 12.5. The van der Waals surface area contributed by atoms with E-state index >= 15 is 0 Å². The maximum absolute atomic E-state index is 13.0. The van der Waals surface area contributed by atoms with Gasteiger partial charge in [0, 0.05) is 4.88 Å². The highest BCUT2D eigenvalue weighted by atomic mass is 32.1. The molecule has 0 bridgehead atoms. The van der Waals surface area contributed by atoms with Crippen molar-refractivity contribution in [3.63, 3.8) is 0 Å². The number of esters is 1. The Morgan fingerprint density at radius 2 is 1.70 bits per heavy atom. The van der Waals surface area contributed by atoms with Crippen LogP contribution in [0.3, 0.4) is 0 Å². The molecule has 8 nitrogen and oxygen atoms in total. The number of fused-ring (bicyclic) bond motifs is 1. The van der Waals surface area contributed by atoms with Crippen molar-refractivity contribution in [1.29, 1.82) is 0 Å². The fraction of sp³-hybridized carbons (Fsp3) is 0.259.